The summed E-state index contributed by atoms with van der Waals surface area (Å²) in [5.41, 5.74) is 10.3. The molecule has 0 aliphatic carbocycles. The maximum Gasteiger partial charge on any atom is 0.264 e. The van der Waals surface area contributed by atoms with Gasteiger partial charge in [0.2, 0.25) is 5.91 Å². The van der Waals surface area contributed by atoms with Crippen LogP contribution >= 0.6 is 0 Å². The molecule has 1 atom stereocenters. The number of amides is 2. The predicted molar refractivity (Wildman–Crippen MR) is 47.2 cm³/mol. The molecule has 1 heterocycles. The van der Waals surface area contributed by atoms with E-state index in [1.807, 2.05) is 0 Å². The molecule has 0 radical (unpaired) electrons. The highest BCUT2D eigenvalue weighted by molar-refractivity contribution is 5.93. The first-order valence-electron chi connectivity index (χ1n) is 3.83. The number of nitrogens with one attached hydrogen (secondary N) is 1. The van der Waals surface area contributed by atoms with Crippen molar-refractivity contribution >= 4 is 11.8 Å². The molecule has 0 bridgehead atoms. The zero-order valence-corrected chi connectivity index (χ0v) is 6.99. The molecule has 5 heteroatoms. The Morgan fingerprint density at radius 3 is 2.69 bits per heavy atom. The van der Waals surface area contributed by atoms with E-state index in [0.717, 1.165) is 0 Å². The summed E-state index contributed by atoms with van der Waals surface area (Å²) < 4.78 is 0. The van der Waals surface area contributed by atoms with E-state index in [2.05, 4.69) is 5.32 Å². The van der Waals surface area contributed by atoms with Gasteiger partial charge in [0.1, 0.15) is 11.7 Å². The first-order valence-corrected chi connectivity index (χ1v) is 3.83. The van der Waals surface area contributed by atoms with Crippen LogP contribution in [0, 0.1) is 0 Å². The number of carbonyl (C=O) groups is 2. The van der Waals surface area contributed by atoms with Crippen molar-refractivity contribution in [3.63, 3.8) is 0 Å². The maximum atomic E-state index is 10.8. The van der Waals surface area contributed by atoms with Crippen LogP contribution in [-0.4, -0.2) is 17.9 Å². The minimum Gasteiger partial charge on any atom is -0.369 e. The van der Waals surface area contributed by atoms with Crippen molar-refractivity contribution in [3.05, 3.63) is 23.9 Å². The Morgan fingerprint density at radius 1 is 1.46 bits per heavy atom. The Balaban J connectivity index is 2.79. The first kappa shape index (κ1) is 9.31. The Hall–Kier alpha value is -1.78. The van der Waals surface area contributed by atoms with Gasteiger partial charge in [-0.25, -0.2) is 0 Å². The number of primary amides is 2. The number of hydrogen-bond acceptors (Lipinski definition) is 3. The molecular weight excluding hydrogens is 170 g/mol. The lowest BCUT2D eigenvalue weighted by atomic mass is 10.2. The molecule has 1 aliphatic rings. The zero-order chi connectivity index (χ0) is 9.84. The molecule has 0 aromatic carbocycles. The third-order valence-corrected chi connectivity index (χ3v) is 1.71. The summed E-state index contributed by atoms with van der Waals surface area (Å²) >= 11 is 0. The lowest BCUT2D eigenvalue weighted by molar-refractivity contribution is -0.119. The summed E-state index contributed by atoms with van der Waals surface area (Å²) in [7, 11) is 0. The Morgan fingerprint density at radius 2 is 2.15 bits per heavy atom. The Kier molecular flexibility index (Phi) is 2.69. The van der Waals surface area contributed by atoms with Crippen molar-refractivity contribution in [2.45, 2.75) is 12.5 Å². The molecular formula is C8H11N3O2. The fourth-order valence-electron chi connectivity index (χ4n) is 1.01. The van der Waals surface area contributed by atoms with E-state index < -0.39 is 17.9 Å². The summed E-state index contributed by atoms with van der Waals surface area (Å²) in [5.74, 6) is -1.10. The van der Waals surface area contributed by atoms with Crippen LogP contribution in [0.2, 0.25) is 0 Å². The standard InChI is InChI=1S/C8H11N3O2/c9-7(12)5-3-1-2-4-6(11-5)8(10)13/h1-3,6,11H,4H2,(H2,9,12)(H2,10,13). The highest BCUT2D eigenvalue weighted by Crippen LogP contribution is 2.03. The second-order valence-corrected chi connectivity index (χ2v) is 2.71. The summed E-state index contributed by atoms with van der Waals surface area (Å²) in [6, 6.07) is -0.558. The van der Waals surface area contributed by atoms with Crippen molar-refractivity contribution in [2.24, 2.45) is 11.5 Å². The topological polar surface area (TPSA) is 98.2 Å². The van der Waals surface area contributed by atoms with Crippen molar-refractivity contribution in [2.75, 3.05) is 0 Å². The quantitative estimate of drug-likeness (QED) is 0.497. The van der Waals surface area contributed by atoms with Crippen LogP contribution in [0.25, 0.3) is 0 Å². The minimum atomic E-state index is -0.599. The number of rotatable bonds is 2. The summed E-state index contributed by atoms with van der Waals surface area (Å²) in [6.45, 7) is 0. The van der Waals surface area contributed by atoms with Crippen molar-refractivity contribution in [1.29, 1.82) is 0 Å². The van der Waals surface area contributed by atoms with Crippen molar-refractivity contribution in [1.82, 2.24) is 5.32 Å². The lowest BCUT2D eigenvalue weighted by Gasteiger charge is -2.13. The average molecular weight is 181 g/mol. The van der Waals surface area contributed by atoms with Crippen molar-refractivity contribution < 1.29 is 9.59 Å². The van der Waals surface area contributed by atoms with Crippen LogP contribution in [-0.2, 0) is 9.59 Å². The van der Waals surface area contributed by atoms with Crippen molar-refractivity contribution in [3.8, 4) is 0 Å². The van der Waals surface area contributed by atoms with Crippen LogP contribution in [0.4, 0.5) is 0 Å². The van der Waals surface area contributed by atoms with Gasteiger partial charge in [0.25, 0.3) is 5.91 Å². The van der Waals surface area contributed by atoms with E-state index in [9.17, 15) is 9.59 Å². The number of carbonyl (C=O) groups excluding carboxylic acids is 2. The highest BCUT2D eigenvalue weighted by Gasteiger charge is 2.17. The number of nitrogens with two attached hydrogens (primary N) is 2. The second kappa shape index (κ2) is 3.75. The first-order chi connectivity index (χ1) is 6.11. The summed E-state index contributed by atoms with van der Waals surface area (Å²) in [6.07, 6.45) is 5.39. The molecule has 1 unspecified atom stereocenters. The van der Waals surface area contributed by atoms with E-state index in [1.165, 1.54) is 6.08 Å². The number of allylic oxidation sites excluding steroid dienone is 2. The predicted octanol–water partition coefficient (Wildman–Crippen LogP) is -1.24. The van der Waals surface area contributed by atoms with E-state index >= 15 is 0 Å². The van der Waals surface area contributed by atoms with Crippen LogP contribution in [0.15, 0.2) is 23.9 Å². The van der Waals surface area contributed by atoms with E-state index in [4.69, 9.17) is 11.5 Å². The minimum absolute atomic E-state index is 0.206. The van der Waals surface area contributed by atoms with Crippen LogP contribution in [0.5, 0.6) is 0 Å². The fourth-order valence-corrected chi connectivity index (χ4v) is 1.01. The molecule has 0 spiro atoms. The SMILES string of the molecule is NC(=O)C1=CC=CCC(C(N)=O)N1. The van der Waals surface area contributed by atoms with Gasteiger partial charge in [-0.15, -0.1) is 0 Å². The second-order valence-electron chi connectivity index (χ2n) is 2.71. The molecule has 13 heavy (non-hydrogen) atoms. The van der Waals surface area contributed by atoms with Crippen LogP contribution in [0.1, 0.15) is 6.42 Å². The molecule has 2 amide bonds. The zero-order valence-electron chi connectivity index (χ0n) is 6.99. The van der Waals surface area contributed by atoms with Gasteiger partial charge >= 0.3 is 0 Å². The molecule has 0 saturated carbocycles. The van der Waals surface area contributed by atoms with Crippen LogP contribution in [0.3, 0.4) is 0 Å². The van der Waals surface area contributed by atoms with Gasteiger partial charge in [-0.3, -0.25) is 9.59 Å². The van der Waals surface area contributed by atoms with Gasteiger partial charge in [0, 0.05) is 0 Å². The molecule has 0 aromatic heterocycles. The Labute approximate surface area is 75.5 Å². The molecule has 1 rings (SSSR count). The highest BCUT2D eigenvalue weighted by atomic mass is 16.2. The van der Waals surface area contributed by atoms with E-state index in [-0.39, 0.29) is 5.70 Å². The average Bonchev–Trinajstić information content (AvgIpc) is 2.28. The smallest absolute Gasteiger partial charge is 0.264 e. The number of hydrogen-bond donors (Lipinski definition) is 3. The molecule has 0 fully saturated rings. The van der Waals surface area contributed by atoms with Gasteiger partial charge < -0.3 is 16.8 Å². The Bertz CT molecular complexity index is 294. The van der Waals surface area contributed by atoms with Gasteiger partial charge in [0.05, 0.1) is 0 Å². The molecule has 5 nitrogen and oxygen atoms in total. The largest absolute Gasteiger partial charge is 0.369 e. The normalized spacial score (nSPS) is 21.2. The van der Waals surface area contributed by atoms with E-state index in [1.54, 1.807) is 12.2 Å². The monoisotopic (exact) mass is 181 g/mol. The molecule has 0 saturated heterocycles. The summed E-state index contributed by atoms with van der Waals surface area (Å²) in [5, 5.41) is 2.66. The lowest BCUT2D eigenvalue weighted by Crippen LogP contribution is -2.42. The van der Waals surface area contributed by atoms with Gasteiger partial charge in [-0.2, -0.15) is 0 Å². The van der Waals surface area contributed by atoms with Crippen LogP contribution < -0.4 is 16.8 Å². The third kappa shape index (κ3) is 2.33. The van der Waals surface area contributed by atoms with Gasteiger partial charge in [0.15, 0.2) is 0 Å². The molecule has 70 valence electrons. The maximum absolute atomic E-state index is 10.8. The fraction of sp³-hybridized carbons (Fsp3) is 0.250. The van der Waals surface area contributed by atoms with Gasteiger partial charge in [-0.1, -0.05) is 12.2 Å². The molecule has 1 aliphatic heterocycles. The summed E-state index contributed by atoms with van der Waals surface area (Å²) in [4.78, 5) is 21.6. The molecule has 0 aromatic rings. The third-order valence-electron chi connectivity index (χ3n) is 1.71. The molecule has 5 N–H and O–H groups in total. The van der Waals surface area contributed by atoms with Gasteiger partial charge in [-0.05, 0) is 12.5 Å². The van der Waals surface area contributed by atoms with E-state index in [0.29, 0.717) is 6.42 Å².